The minimum Gasteiger partial charge on any atom is -0.459 e. The molecule has 1 aromatic rings. The molecule has 3 atom stereocenters. The molecule has 2 aliphatic rings. The van der Waals surface area contributed by atoms with Crippen molar-refractivity contribution in [3.63, 3.8) is 0 Å². The molecule has 1 aromatic carbocycles. The Hall–Kier alpha value is -2.08. The lowest BCUT2D eigenvalue weighted by Crippen LogP contribution is -2.45. The van der Waals surface area contributed by atoms with Crippen LogP contribution in [0, 0.1) is 5.92 Å². The van der Waals surface area contributed by atoms with E-state index in [2.05, 4.69) is 17.6 Å². The van der Waals surface area contributed by atoms with Crippen LogP contribution in [0.2, 0.25) is 0 Å². The summed E-state index contributed by atoms with van der Waals surface area (Å²) >= 11 is 5.33. The molecule has 0 amide bonds. The number of benzene rings is 1. The van der Waals surface area contributed by atoms with Gasteiger partial charge in [-0.05, 0) is 62.0 Å². The Morgan fingerprint density at radius 1 is 1.22 bits per heavy atom. The first kappa shape index (κ1) is 19.7. The van der Waals surface area contributed by atoms with Crippen LogP contribution >= 0.6 is 12.2 Å². The number of carbonyl (C=O) groups is 1. The molecule has 1 fully saturated rings. The van der Waals surface area contributed by atoms with Gasteiger partial charge in [-0.3, -0.25) is 0 Å². The van der Waals surface area contributed by atoms with Gasteiger partial charge in [0.15, 0.2) is 5.11 Å². The van der Waals surface area contributed by atoms with Gasteiger partial charge < -0.3 is 20.3 Å². The average Bonchev–Trinajstić information content (AvgIpc) is 2.61. The van der Waals surface area contributed by atoms with Crippen LogP contribution in [-0.2, 0) is 9.53 Å². The normalized spacial score (nSPS) is 25.5. The lowest BCUT2D eigenvalue weighted by atomic mass is 9.88. The molecule has 0 spiro atoms. The van der Waals surface area contributed by atoms with Crippen LogP contribution in [0.15, 0.2) is 35.5 Å². The highest BCUT2D eigenvalue weighted by Crippen LogP contribution is 2.31. The van der Waals surface area contributed by atoms with Crippen LogP contribution in [0.4, 0.5) is 5.69 Å². The summed E-state index contributed by atoms with van der Waals surface area (Å²) in [7, 11) is 4.01. The van der Waals surface area contributed by atoms with Gasteiger partial charge in [0.25, 0.3) is 0 Å². The van der Waals surface area contributed by atoms with Crippen molar-refractivity contribution in [2.24, 2.45) is 5.92 Å². The number of nitrogens with zero attached hydrogens (tertiary/aromatic N) is 1. The molecule has 0 unspecified atom stereocenters. The summed E-state index contributed by atoms with van der Waals surface area (Å²) in [5.74, 6) is 0.354. The molecule has 2 N–H and O–H groups in total. The van der Waals surface area contributed by atoms with Crippen molar-refractivity contribution >= 4 is 29.0 Å². The lowest BCUT2D eigenvalue weighted by molar-refractivity contribution is -0.146. The van der Waals surface area contributed by atoms with Crippen molar-refractivity contribution in [2.45, 2.75) is 51.7 Å². The van der Waals surface area contributed by atoms with Gasteiger partial charge in [-0.15, -0.1) is 0 Å². The largest absolute Gasteiger partial charge is 0.459 e. The maximum absolute atomic E-state index is 13.0. The Balaban J connectivity index is 1.84. The van der Waals surface area contributed by atoms with Gasteiger partial charge in [0.05, 0.1) is 11.6 Å². The third kappa shape index (κ3) is 4.61. The molecular formula is C21H29N3O2S. The summed E-state index contributed by atoms with van der Waals surface area (Å²) in [6, 6.07) is 7.85. The van der Waals surface area contributed by atoms with Gasteiger partial charge in [0.2, 0.25) is 0 Å². The summed E-state index contributed by atoms with van der Waals surface area (Å²) in [6.07, 6.45) is 4.23. The third-order valence-electron chi connectivity index (χ3n) is 5.39. The Morgan fingerprint density at radius 2 is 1.93 bits per heavy atom. The molecule has 5 nitrogen and oxygen atoms in total. The average molecular weight is 388 g/mol. The zero-order chi connectivity index (χ0) is 19.6. The summed E-state index contributed by atoms with van der Waals surface area (Å²) in [6.45, 7) is 4.11. The topological polar surface area (TPSA) is 53.6 Å². The zero-order valence-corrected chi connectivity index (χ0v) is 17.4. The summed E-state index contributed by atoms with van der Waals surface area (Å²) < 4.78 is 5.89. The molecule has 0 bridgehead atoms. The summed E-state index contributed by atoms with van der Waals surface area (Å²) in [5, 5.41) is 6.84. The second-order valence-electron chi connectivity index (χ2n) is 7.86. The van der Waals surface area contributed by atoms with Gasteiger partial charge >= 0.3 is 5.97 Å². The fraction of sp³-hybridized carbons (Fsp3) is 0.524. The van der Waals surface area contributed by atoms with Crippen molar-refractivity contribution in [1.29, 1.82) is 0 Å². The summed E-state index contributed by atoms with van der Waals surface area (Å²) in [5.41, 5.74) is 3.47. The minimum atomic E-state index is -0.302. The maximum atomic E-state index is 13.0. The van der Waals surface area contributed by atoms with E-state index in [0.717, 1.165) is 36.2 Å². The molecule has 0 radical (unpaired) electrons. The van der Waals surface area contributed by atoms with E-state index in [9.17, 15) is 4.79 Å². The van der Waals surface area contributed by atoms with E-state index in [4.69, 9.17) is 17.0 Å². The molecule has 1 saturated carbocycles. The Bertz CT molecular complexity index is 742. The fourth-order valence-corrected chi connectivity index (χ4v) is 4.15. The first-order valence-corrected chi connectivity index (χ1v) is 10.0. The molecule has 6 heteroatoms. The number of anilines is 1. The first-order valence-electron chi connectivity index (χ1n) is 9.61. The second-order valence-corrected chi connectivity index (χ2v) is 8.26. The van der Waals surface area contributed by atoms with Crippen LogP contribution in [-0.4, -0.2) is 31.3 Å². The van der Waals surface area contributed by atoms with Crippen LogP contribution in [0.3, 0.4) is 0 Å². The predicted octanol–water partition coefficient (Wildman–Crippen LogP) is 3.67. The monoisotopic (exact) mass is 387 g/mol. The van der Waals surface area contributed by atoms with Crippen LogP contribution in [0.1, 0.15) is 51.1 Å². The molecular weight excluding hydrogens is 358 g/mol. The number of hydrogen-bond acceptors (Lipinski definition) is 4. The smallest absolute Gasteiger partial charge is 0.338 e. The Kier molecular flexibility index (Phi) is 6.05. The van der Waals surface area contributed by atoms with E-state index >= 15 is 0 Å². The Labute approximate surface area is 167 Å². The standard InChI is InChI=1S/C21H29N3O2S/c1-13-6-5-7-17(12-13)26-20(25)18-14(2)22-21(27)23-19(18)15-8-10-16(11-9-15)24(3)4/h8-11,13,17,19H,5-7,12H2,1-4H3,(H2,22,23,27)/t13-,17-,19-/m1/s1. The van der Waals surface area contributed by atoms with Crippen molar-refractivity contribution < 1.29 is 9.53 Å². The number of rotatable bonds is 4. The van der Waals surface area contributed by atoms with Gasteiger partial charge in [0.1, 0.15) is 6.10 Å². The van der Waals surface area contributed by atoms with Crippen molar-refractivity contribution in [2.75, 3.05) is 19.0 Å². The number of thiocarbonyl (C=S) groups is 1. The van der Waals surface area contributed by atoms with E-state index in [-0.39, 0.29) is 18.1 Å². The van der Waals surface area contributed by atoms with Crippen molar-refractivity contribution in [3.05, 3.63) is 41.1 Å². The SMILES string of the molecule is CC1=C(C(=O)O[C@@H]2CCC[C@@H](C)C2)[C@@H](c2ccc(N(C)C)cc2)NC(=S)N1. The highest BCUT2D eigenvalue weighted by Gasteiger charge is 2.33. The maximum Gasteiger partial charge on any atom is 0.338 e. The first-order chi connectivity index (χ1) is 12.8. The van der Waals surface area contributed by atoms with Crippen LogP contribution < -0.4 is 15.5 Å². The van der Waals surface area contributed by atoms with E-state index in [1.54, 1.807) is 0 Å². The molecule has 27 heavy (non-hydrogen) atoms. The third-order valence-corrected chi connectivity index (χ3v) is 5.61. The number of esters is 1. The van der Waals surface area contributed by atoms with Crippen LogP contribution in [0.25, 0.3) is 0 Å². The Morgan fingerprint density at radius 3 is 2.56 bits per heavy atom. The zero-order valence-electron chi connectivity index (χ0n) is 16.5. The van der Waals surface area contributed by atoms with Gasteiger partial charge in [0, 0.05) is 25.5 Å². The van der Waals surface area contributed by atoms with Crippen molar-refractivity contribution in [3.8, 4) is 0 Å². The van der Waals surface area contributed by atoms with E-state index in [1.807, 2.05) is 50.2 Å². The lowest BCUT2D eigenvalue weighted by Gasteiger charge is -2.32. The molecule has 146 valence electrons. The highest BCUT2D eigenvalue weighted by atomic mass is 32.1. The molecule has 0 saturated heterocycles. The van der Waals surface area contributed by atoms with Gasteiger partial charge in [-0.2, -0.15) is 0 Å². The molecule has 3 rings (SSSR count). The number of carbonyl (C=O) groups excluding carboxylic acids is 1. The fourth-order valence-electron chi connectivity index (χ4n) is 3.88. The molecule has 1 aliphatic carbocycles. The number of nitrogens with one attached hydrogen (secondary N) is 2. The number of hydrogen-bond donors (Lipinski definition) is 2. The van der Waals surface area contributed by atoms with E-state index < -0.39 is 0 Å². The number of ether oxygens (including phenoxy) is 1. The van der Waals surface area contributed by atoms with E-state index in [1.165, 1.54) is 6.42 Å². The molecule has 0 aromatic heterocycles. The summed E-state index contributed by atoms with van der Waals surface area (Å²) in [4.78, 5) is 15.1. The minimum absolute atomic E-state index is 0.00666. The predicted molar refractivity (Wildman–Crippen MR) is 113 cm³/mol. The van der Waals surface area contributed by atoms with E-state index in [0.29, 0.717) is 16.6 Å². The van der Waals surface area contributed by atoms with Gasteiger partial charge in [-0.25, -0.2) is 4.79 Å². The molecule has 1 aliphatic heterocycles. The van der Waals surface area contributed by atoms with Crippen LogP contribution in [0.5, 0.6) is 0 Å². The second kappa shape index (κ2) is 8.30. The van der Waals surface area contributed by atoms with Crippen molar-refractivity contribution in [1.82, 2.24) is 10.6 Å². The highest BCUT2D eigenvalue weighted by molar-refractivity contribution is 7.80. The number of allylic oxidation sites excluding steroid dienone is 1. The van der Waals surface area contributed by atoms with Gasteiger partial charge in [-0.1, -0.05) is 25.5 Å². The molecule has 1 heterocycles. The quantitative estimate of drug-likeness (QED) is 0.607.